The van der Waals surface area contributed by atoms with Crippen LogP contribution in [0.5, 0.6) is 0 Å². The number of hydrogen-bond donors (Lipinski definition) is 1. The average molecular weight is 311 g/mol. The first-order valence-corrected chi connectivity index (χ1v) is 7.94. The predicted molar refractivity (Wildman–Crippen MR) is 72.3 cm³/mol. The number of amides is 1. The second-order valence-corrected chi connectivity index (χ2v) is 6.88. The molecular weight excluding hydrogens is 298 g/mol. The summed E-state index contributed by atoms with van der Waals surface area (Å²) in [5.74, 6) is -0.703. The molecular formula is C12H13N3O5S. The van der Waals surface area contributed by atoms with Crippen LogP contribution >= 0.6 is 0 Å². The molecule has 112 valence electrons. The number of sulfonamides is 1. The fourth-order valence-corrected chi connectivity index (χ4v) is 3.82. The smallest absolute Gasteiger partial charge is 0.270 e. The monoisotopic (exact) mass is 311 g/mol. The van der Waals surface area contributed by atoms with Crippen LogP contribution in [0.2, 0.25) is 0 Å². The van der Waals surface area contributed by atoms with Crippen LogP contribution in [0.4, 0.5) is 5.69 Å². The number of carbonyl (C=O) groups excluding carboxylic acids is 1. The molecule has 1 aromatic carbocycles. The molecule has 1 amide bonds. The SMILES string of the molecule is O=C1c2cc([N+](=O)[O-])ccc2S(=O)(=O)N1CCNC1CC1. The first-order chi connectivity index (χ1) is 9.91. The van der Waals surface area contributed by atoms with E-state index >= 15 is 0 Å². The summed E-state index contributed by atoms with van der Waals surface area (Å²) in [6, 6.07) is 3.64. The molecule has 1 heterocycles. The molecule has 1 fully saturated rings. The number of benzene rings is 1. The van der Waals surface area contributed by atoms with Gasteiger partial charge in [-0.3, -0.25) is 14.9 Å². The third kappa shape index (κ3) is 2.38. The highest BCUT2D eigenvalue weighted by Crippen LogP contribution is 2.32. The van der Waals surface area contributed by atoms with Crippen molar-refractivity contribution in [3.63, 3.8) is 0 Å². The summed E-state index contributed by atoms with van der Waals surface area (Å²) in [6.07, 6.45) is 2.13. The Morgan fingerprint density at radius 2 is 2.10 bits per heavy atom. The Balaban J connectivity index is 1.87. The Labute approximate surface area is 120 Å². The Morgan fingerprint density at radius 3 is 2.71 bits per heavy atom. The van der Waals surface area contributed by atoms with E-state index in [4.69, 9.17) is 0 Å². The molecule has 0 saturated heterocycles. The minimum absolute atomic E-state index is 0.0279. The summed E-state index contributed by atoms with van der Waals surface area (Å²) in [5, 5.41) is 13.9. The third-order valence-electron chi connectivity index (χ3n) is 3.52. The van der Waals surface area contributed by atoms with Gasteiger partial charge in [0.2, 0.25) is 0 Å². The van der Waals surface area contributed by atoms with E-state index in [1.807, 2.05) is 0 Å². The summed E-state index contributed by atoms with van der Waals surface area (Å²) >= 11 is 0. The molecule has 8 nitrogen and oxygen atoms in total. The highest BCUT2D eigenvalue weighted by atomic mass is 32.2. The van der Waals surface area contributed by atoms with Crippen molar-refractivity contribution in [1.82, 2.24) is 9.62 Å². The van der Waals surface area contributed by atoms with E-state index in [9.17, 15) is 23.3 Å². The van der Waals surface area contributed by atoms with Gasteiger partial charge in [-0.05, 0) is 18.9 Å². The fraction of sp³-hybridized carbons (Fsp3) is 0.417. The molecule has 1 aliphatic carbocycles. The Hall–Kier alpha value is -2.00. The topological polar surface area (TPSA) is 110 Å². The summed E-state index contributed by atoms with van der Waals surface area (Å²) in [7, 11) is -3.89. The van der Waals surface area contributed by atoms with Gasteiger partial charge in [-0.25, -0.2) is 12.7 Å². The van der Waals surface area contributed by atoms with E-state index in [0.29, 0.717) is 12.6 Å². The van der Waals surface area contributed by atoms with Gasteiger partial charge < -0.3 is 5.32 Å². The lowest BCUT2D eigenvalue weighted by Gasteiger charge is -2.15. The molecule has 0 spiro atoms. The maximum Gasteiger partial charge on any atom is 0.270 e. The maximum absolute atomic E-state index is 12.3. The van der Waals surface area contributed by atoms with Crippen LogP contribution in [0, 0.1) is 10.1 Å². The summed E-state index contributed by atoms with van der Waals surface area (Å²) < 4.78 is 25.3. The van der Waals surface area contributed by atoms with E-state index in [-0.39, 0.29) is 22.7 Å². The maximum atomic E-state index is 12.3. The second-order valence-electron chi connectivity index (χ2n) is 5.05. The quantitative estimate of drug-likeness (QED) is 0.626. The van der Waals surface area contributed by atoms with Crippen molar-refractivity contribution in [3.05, 3.63) is 33.9 Å². The van der Waals surface area contributed by atoms with Gasteiger partial charge >= 0.3 is 0 Å². The lowest BCUT2D eigenvalue weighted by molar-refractivity contribution is -0.384. The standard InChI is InChI=1S/C12H13N3O5S/c16-12-10-7-9(15(17)18)3-4-11(10)21(19,20)14(12)6-5-13-8-1-2-8/h3-4,7-8,13H,1-2,5-6H2. The van der Waals surface area contributed by atoms with E-state index in [1.165, 1.54) is 0 Å². The van der Waals surface area contributed by atoms with Crippen LogP contribution in [0.3, 0.4) is 0 Å². The van der Waals surface area contributed by atoms with Crippen molar-refractivity contribution >= 4 is 21.6 Å². The van der Waals surface area contributed by atoms with Gasteiger partial charge in [0.1, 0.15) is 4.90 Å². The number of fused-ring (bicyclic) bond motifs is 1. The Kier molecular flexibility index (Phi) is 3.18. The van der Waals surface area contributed by atoms with Crippen LogP contribution in [0.15, 0.2) is 23.1 Å². The van der Waals surface area contributed by atoms with E-state index in [0.717, 1.165) is 35.3 Å². The molecule has 0 radical (unpaired) electrons. The molecule has 1 aromatic rings. The zero-order valence-electron chi connectivity index (χ0n) is 11.0. The first kappa shape index (κ1) is 14.0. The first-order valence-electron chi connectivity index (χ1n) is 6.50. The van der Waals surface area contributed by atoms with Gasteiger partial charge in [-0.2, -0.15) is 0 Å². The van der Waals surface area contributed by atoms with Crippen LogP contribution in [0.25, 0.3) is 0 Å². The second kappa shape index (κ2) is 4.78. The Morgan fingerprint density at radius 1 is 1.38 bits per heavy atom. The molecule has 1 saturated carbocycles. The molecule has 1 N–H and O–H groups in total. The number of nitrogens with one attached hydrogen (secondary N) is 1. The molecule has 9 heteroatoms. The largest absolute Gasteiger partial charge is 0.312 e. The molecule has 0 bridgehead atoms. The Bertz CT molecular complexity index is 726. The third-order valence-corrected chi connectivity index (χ3v) is 5.36. The van der Waals surface area contributed by atoms with Crippen molar-refractivity contribution in [2.24, 2.45) is 0 Å². The molecule has 1 aliphatic heterocycles. The van der Waals surface area contributed by atoms with E-state index < -0.39 is 20.9 Å². The zero-order valence-corrected chi connectivity index (χ0v) is 11.8. The molecule has 0 atom stereocenters. The van der Waals surface area contributed by atoms with E-state index in [2.05, 4.69) is 5.32 Å². The number of nitro benzene ring substituents is 1. The van der Waals surface area contributed by atoms with Crippen molar-refractivity contribution in [1.29, 1.82) is 0 Å². The van der Waals surface area contributed by atoms with Crippen molar-refractivity contribution in [3.8, 4) is 0 Å². The minimum Gasteiger partial charge on any atom is -0.312 e. The van der Waals surface area contributed by atoms with Gasteiger partial charge in [-0.15, -0.1) is 0 Å². The highest BCUT2D eigenvalue weighted by Gasteiger charge is 2.41. The van der Waals surface area contributed by atoms with Gasteiger partial charge in [0, 0.05) is 24.7 Å². The number of carbonyl (C=O) groups is 1. The number of hydrogen-bond acceptors (Lipinski definition) is 6. The van der Waals surface area contributed by atoms with Gasteiger partial charge in [-0.1, -0.05) is 0 Å². The highest BCUT2D eigenvalue weighted by molar-refractivity contribution is 7.90. The normalized spacial score (nSPS) is 19.6. The molecule has 2 aliphatic rings. The van der Waals surface area contributed by atoms with Crippen LogP contribution in [-0.2, 0) is 10.0 Å². The average Bonchev–Trinajstić information content (AvgIpc) is 3.23. The van der Waals surface area contributed by atoms with Gasteiger partial charge in [0.05, 0.1) is 17.0 Å². The molecule has 3 rings (SSSR count). The molecule has 0 unspecified atom stereocenters. The van der Waals surface area contributed by atoms with Crippen LogP contribution in [0.1, 0.15) is 23.2 Å². The molecule has 21 heavy (non-hydrogen) atoms. The van der Waals surface area contributed by atoms with Crippen LogP contribution in [-0.4, -0.2) is 42.7 Å². The number of rotatable bonds is 5. The van der Waals surface area contributed by atoms with Gasteiger partial charge in [0.15, 0.2) is 0 Å². The van der Waals surface area contributed by atoms with Gasteiger partial charge in [0.25, 0.3) is 21.6 Å². The van der Waals surface area contributed by atoms with Crippen molar-refractivity contribution < 1.29 is 18.1 Å². The number of non-ortho nitro benzene ring substituents is 1. The van der Waals surface area contributed by atoms with Crippen molar-refractivity contribution in [2.75, 3.05) is 13.1 Å². The summed E-state index contributed by atoms with van der Waals surface area (Å²) in [4.78, 5) is 22.1. The van der Waals surface area contributed by atoms with Crippen LogP contribution < -0.4 is 5.32 Å². The zero-order chi connectivity index (χ0) is 15.2. The molecule has 0 aromatic heterocycles. The minimum atomic E-state index is -3.89. The number of nitro groups is 1. The summed E-state index contributed by atoms with van der Waals surface area (Å²) in [6.45, 7) is 0.409. The lowest BCUT2D eigenvalue weighted by Crippen LogP contribution is -2.36. The number of nitrogens with zero attached hydrogens (tertiary/aromatic N) is 2. The predicted octanol–water partition coefficient (Wildman–Crippen LogP) is 0.491. The lowest BCUT2D eigenvalue weighted by atomic mass is 10.2. The van der Waals surface area contributed by atoms with E-state index in [1.54, 1.807) is 0 Å². The van der Waals surface area contributed by atoms with Crippen molar-refractivity contribution in [2.45, 2.75) is 23.8 Å². The fourth-order valence-electron chi connectivity index (χ4n) is 2.27. The summed E-state index contributed by atoms with van der Waals surface area (Å²) in [5.41, 5.74) is -0.425.